The fourth-order valence-corrected chi connectivity index (χ4v) is 4.37. The van der Waals surface area contributed by atoms with Gasteiger partial charge in [-0.05, 0) is 23.8 Å². The van der Waals surface area contributed by atoms with E-state index in [4.69, 9.17) is 15.2 Å². The molecule has 4 rings (SSSR count). The molecule has 1 aromatic heterocycles. The molecule has 38 heavy (non-hydrogen) atoms. The number of carbonyl (C=O) groups is 1. The number of methoxy groups -OCH3 is 2. The van der Waals surface area contributed by atoms with Crippen LogP contribution in [0.1, 0.15) is 18.0 Å². The lowest BCUT2D eigenvalue weighted by atomic mass is 10.0. The number of nitrogens with two attached hydrogens (primary N) is 1. The minimum Gasteiger partial charge on any atom is -0.493 e. The third-order valence-corrected chi connectivity index (χ3v) is 6.35. The summed E-state index contributed by atoms with van der Waals surface area (Å²) in [6.45, 7) is 1.08. The molecular formula is C25H30ClF3N6O3. The number of nitrogen functional groups attached to an aromatic ring is 1. The second-order valence-electron chi connectivity index (χ2n) is 8.55. The van der Waals surface area contributed by atoms with Crippen LogP contribution >= 0.6 is 12.4 Å². The molecule has 3 N–H and O–H groups in total. The number of rotatable bonds is 9. The number of aromatic nitrogens is 2. The smallest absolute Gasteiger partial charge is 0.228 e. The van der Waals surface area contributed by atoms with E-state index in [9.17, 15) is 13.6 Å². The summed E-state index contributed by atoms with van der Waals surface area (Å²) in [5, 5.41) is 3.32. The van der Waals surface area contributed by atoms with Crippen LogP contribution in [0.25, 0.3) is 10.9 Å². The predicted molar refractivity (Wildman–Crippen MR) is 141 cm³/mol. The number of nitrogens with one attached hydrogen (secondary N) is 1. The van der Waals surface area contributed by atoms with Crippen molar-refractivity contribution in [2.45, 2.75) is 12.5 Å². The van der Waals surface area contributed by atoms with Crippen molar-refractivity contribution in [3.8, 4) is 11.5 Å². The van der Waals surface area contributed by atoms with Gasteiger partial charge in [0.1, 0.15) is 23.8 Å². The van der Waals surface area contributed by atoms with Gasteiger partial charge < -0.3 is 30.3 Å². The fraction of sp³-hybridized carbons (Fsp3) is 0.400. The van der Waals surface area contributed by atoms with Gasteiger partial charge in [-0.2, -0.15) is 4.98 Å². The van der Waals surface area contributed by atoms with Crippen molar-refractivity contribution in [1.29, 1.82) is 0 Å². The molecule has 0 spiro atoms. The molecular weight excluding hydrogens is 525 g/mol. The number of piperazine rings is 1. The summed E-state index contributed by atoms with van der Waals surface area (Å²) in [7, 11) is 2.73. The number of hydrogen-bond donors (Lipinski definition) is 2. The van der Waals surface area contributed by atoms with Gasteiger partial charge >= 0.3 is 0 Å². The van der Waals surface area contributed by atoms with Gasteiger partial charge in [0, 0.05) is 50.6 Å². The van der Waals surface area contributed by atoms with E-state index in [-0.39, 0.29) is 65.9 Å². The molecule has 1 fully saturated rings. The van der Waals surface area contributed by atoms with E-state index in [0.717, 1.165) is 0 Å². The van der Waals surface area contributed by atoms with E-state index in [2.05, 4.69) is 15.3 Å². The molecule has 206 valence electrons. The zero-order chi connectivity index (χ0) is 26.5. The van der Waals surface area contributed by atoms with E-state index < -0.39 is 18.5 Å². The van der Waals surface area contributed by atoms with Crippen LogP contribution in [0.2, 0.25) is 0 Å². The lowest BCUT2D eigenvalue weighted by molar-refractivity contribution is -0.132. The highest BCUT2D eigenvalue weighted by Gasteiger charge is 2.27. The van der Waals surface area contributed by atoms with E-state index in [1.807, 2.05) is 4.90 Å². The van der Waals surface area contributed by atoms with Gasteiger partial charge in [0.25, 0.3) is 0 Å². The third kappa shape index (κ3) is 6.13. The summed E-state index contributed by atoms with van der Waals surface area (Å²) >= 11 is 0. The van der Waals surface area contributed by atoms with Gasteiger partial charge in [-0.25, -0.2) is 18.2 Å². The van der Waals surface area contributed by atoms with Crippen molar-refractivity contribution < 1.29 is 27.4 Å². The Hall–Kier alpha value is -3.51. The van der Waals surface area contributed by atoms with Crippen molar-refractivity contribution in [2.24, 2.45) is 0 Å². The Morgan fingerprint density at radius 2 is 1.79 bits per heavy atom. The Labute approximate surface area is 224 Å². The van der Waals surface area contributed by atoms with E-state index in [0.29, 0.717) is 37.1 Å². The lowest BCUT2D eigenvalue weighted by Gasteiger charge is -2.35. The SMILES string of the molecule is COc1cc2c(N)nc(N3CCN(C(=O)CC(NCCF)c4ccc(F)cc4)CC3)nc2c(F)c1OC.Cl. The summed E-state index contributed by atoms with van der Waals surface area (Å²) in [5.41, 5.74) is 6.84. The van der Waals surface area contributed by atoms with E-state index >= 15 is 4.39 Å². The van der Waals surface area contributed by atoms with Crippen LogP contribution in [0.15, 0.2) is 30.3 Å². The minimum atomic E-state index is -0.700. The first-order valence-electron chi connectivity index (χ1n) is 11.8. The molecule has 1 aliphatic heterocycles. The minimum absolute atomic E-state index is 0. The number of benzene rings is 2. The van der Waals surface area contributed by atoms with Gasteiger partial charge in [0.2, 0.25) is 11.9 Å². The topological polar surface area (TPSA) is 106 Å². The molecule has 3 aromatic rings. The summed E-state index contributed by atoms with van der Waals surface area (Å²) < 4.78 is 51.5. The first kappa shape index (κ1) is 29.1. The fourth-order valence-electron chi connectivity index (χ4n) is 4.37. The normalized spacial score (nSPS) is 14.2. The van der Waals surface area contributed by atoms with Gasteiger partial charge in [-0.15, -0.1) is 12.4 Å². The molecule has 9 nitrogen and oxygen atoms in total. The quantitative estimate of drug-likeness (QED) is 0.415. The maximum atomic E-state index is 15.1. The number of nitrogens with zero attached hydrogens (tertiary/aromatic N) is 4. The first-order chi connectivity index (χ1) is 17.9. The molecule has 1 saturated heterocycles. The van der Waals surface area contributed by atoms with Crippen LogP contribution in [0.5, 0.6) is 11.5 Å². The van der Waals surface area contributed by atoms with Crippen LogP contribution in [0.4, 0.5) is 24.9 Å². The number of fused-ring (bicyclic) bond motifs is 1. The average Bonchev–Trinajstić information content (AvgIpc) is 2.91. The van der Waals surface area contributed by atoms with Crippen molar-refractivity contribution in [2.75, 3.05) is 64.3 Å². The Bertz CT molecular complexity index is 1260. The Morgan fingerprint density at radius 3 is 2.39 bits per heavy atom. The predicted octanol–water partition coefficient (Wildman–Crippen LogP) is 3.27. The number of hydrogen-bond acceptors (Lipinski definition) is 8. The van der Waals surface area contributed by atoms with Crippen molar-refractivity contribution >= 4 is 41.0 Å². The van der Waals surface area contributed by atoms with Crippen LogP contribution in [-0.2, 0) is 4.79 Å². The molecule has 1 aliphatic rings. The molecule has 1 unspecified atom stereocenters. The number of ether oxygens (including phenoxy) is 2. The Kier molecular flexibility index (Phi) is 9.81. The standard InChI is InChI=1S/C25H29F3N6O3.ClH/c1-36-19-13-17-22(21(28)23(19)37-2)31-25(32-24(17)29)34-11-9-33(10-12-34)20(35)14-18(30-8-7-26)15-3-5-16(27)6-4-15;/h3-6,13,18,30H,7-12,14H2,1-2H3,(H2,29,31,32);1H. The van der Waals surface area contributed by atoms with Gasteiger partial charge in [-0.3, -0.25) is 4.79 Å². The Morgan fingerprint density at radius 1 is 1.11 bits per heavy atom. The second-order valence-corrected chi connectivity index (χ2v) is 8.55. The molecule has 0 radical (unpaired) electrons. The zero-order valence-corrected chi connectivity index (χ0v) is 21.9. The number of anilines is 2. The van der Waals surface area contributed by atoms with E-state index in [1.54, 1.807) is 17.0 Å². The maximum Gasteiger partial charge on any atom is 0.228 e. The van der Waals surface area contributed by atoms with Crippen LogP contribution < -0.4 is 25.4 Å². The maximum absolute atomic E-state index is 15.1. The van der Waals surface area contributed by atoms with Gasteiger partial charge in [0.05, 0.1) is 14.2 Å². The summed E-state index contributed by atoms with van der Waals surface area (Å²) in [5.74, 6) is -0.758. The van der Waals surface area contributed by atoms with E-state index in [1.165, 1.54) is 32.4 Å². The van der Waals surface area contributed by atoms with Crippen molar-refractivity contribution in [1.82, 2.24) is 20.2 Å². The van der Waals surface area contributed by atoms with Crippen LogP contribution in [0, 0.1) is 11.6 Å². The average molecular weight is 555 g/mol. The molecule has 13 heteroatoms. The van der Waals surface area contributed by atoms with Crippen molar-refractivity contribution in [3.63, 3.8) is 0 Å². The molecule has 1 amide bonds. The first-order valence-corrected chi connectivity index (χ1v) is 11.8. The summed E-state index contributed by atoms with van der Waals surface area (Å²) in [6, 6.07) is 6.88. The third-order valence-electron chi connectivity index (χ3n) is 6.35. The van der Waals surface area contributed by atoms with Gasteiger partial charge in [0.15, 0.2) is 17.3 Å². The molecule has 0 aliphatic carbocycles. The number of alkyl halides is 1. The summed E-state index contributed by atoms with van der Waals surface area (Å²) in [4.78, 5) is 25.3. The monoisotopic (exact) mass is 554 g/mol. The largest absolute Gasteiger partial charge is 0.493 e. The molecule has 2 aromatic carbocycles. The highest BCUT2D eigenvalue weighted by molar-refractivity contribution is 5.92. The van der Waals surface area contributed by atoms with Crippen molar-refractivity contribution in [3.05, 3.63) is 47.5 Å². The molecule has 0 bridgehead atoms. The zero-order valence-electron chi connectivity index (χ0n) is 21.0. The van der Waals surface area contributed by atoms with Crippen LogP contribution in [0.3, 0.4) is 0 Å². The summed E-state index contributed by atoms with van der Waals surface area (Å²) in [6.07, 6.45) is 0.0951. The lowest BCUT2D eigenvalue weighted by Crippen LogP contribution is -2.50. The highest BCUT2D eigenvalue weighted by atomic mass is 35.5. The number of halogens is 4. The number of amides is 1. The van der Waals surface area contributed by atoms with Crippen LogP contribution in [-0.4, -0.2) is 74.4 Å². The molecule has 0 saturated carbocycles. The highest BCUT2D eigenvalue weighted by Crippen LogP contribution is 2.37. The number of carbonyl (C=O) groups excluding carboxylic acids is 1. The Balaban J connectivity index is 0.00000400. The second kappa shape index (κ2) is 12.8. The van der Waals surface area contributed by atoms with Gasteiger partial charge in [-0.1, -0.05) is 12.1 Å². The molecule has 1 atom stereocenters. The molecule has 2 heterocycles.